The molecule has 0 radical (unpaired) electrons. The van der Waals surface area contributed by atoms with Gasteiger partial charge in [0.2, 0.25) is 0 Å². The zero-order valence-corrected chi connectivity index (χ0v) is 10.4. The number of nitro groups is 1. The van der Waals surface area contributed by atoms with Crippen molar-refractivity contribution >= 4 is 11.4 Å². The van der Waals surface area contributed by atoms with Gasteiger partial charge in [-0.3, -0.25) is 10.1 Å². The average Bonchev–Trinajstić information content (AvgIpc) is 2.73. The smallest absolute Gasteiger partial charge is 0.292 e. The molecule has 1 N–H and O–H groups in total. The van der Waals surface area contributed by atoms with E-state index in [9.17, 15) is 10.1 Å². The number of hydrogen-bond acceptors (Lipinski definition) is 3. The Morgan fingerprint density at radius 1 is 1.39 bits per heavy atom. The molecule has 1 heterocycles. The van der Waals surface area contributed by atoms with Crippen LogP contribution in [-0.4, -0.2) is 9.49 Å². The van der Waals surface area contributed by atoms with E-state index < -0.39 is 0 Å². The van der Waals surface area contributed by atoms with Crippen LogP contribution in [0.15, 0.2) is 36.7 Å². The van der Waals surface area contributed by atoms with Gasteiger partial charge < -0.3 is 9.88 Å². The molecule has 5 heteroatoms. The summed E-state index contributed by atoms with van der Waals surface area (Å²) in [5.41, 5.74) is 2.64. The van der Waals surface area contributed by atoms with E-state index >= 15 is 0 Å². The Bertz CT molecular complexity index is 575. The Kier molecular flexibility index (Phi) is 3.32. The predicted molar refractivity (Wildman–Crippen MR) is 70.6 cm³/mol. The normalized spacial score (nSPS) is 10.3. The van der Waals surface area contributed by atoms with Crippen molar-refractivity contribution in [3.8, 4) is 0 Å². The number of aromatic nitrogens is 1. The van der Waals surface area contributed by atoms with Gasteiger partial charge in [0.05, 0.1) is 4.92 Å². The van der Waals surface area contributed by atoms with Gasteiger partial charge in [0.15, 0.2) is 0 Å². The summed E-state index contributed by atoms with van der Waals surface area (Å²) in [6.07, 6.45) is 3.92. The molecule has 2 aromatic rings. The molecule has 0 bridgehead atoms. The van der Waals surface area contributed by atoms with Crippen molar-refractivity contribution in [1.82, 2.24) is 4.57 Å². The maximum absolute atomic E-state index is 11.0. The molecule has 0 aliphatic carbocycles. The topological polar surface area (TPSA) is 60.1 Å². The molecule has 0 unspecified atom stereocenters. The summed E-state index contributed by atoms with van der Waals surface area (Å²) in [5, 5.41) is 14.0. The second kappa shape index (κ2) is 4.91. The Morgan fingerprint density at radius 3 is 2.78 bits per heavy atom. The molecule has 2 rings (SSSR count). The van der Waals surface area contributed by atoms with Crippen molar-refractivity contribution in [2.24, 2.45) is 7.05 Å². The minimum Gasteiger partial charge on any atom is -0.375 e. The maximum atomic E-state index is 11.0. The first-order valence-corrected chi connectivity index (χ1v) is 5.66. The molecular weight excluding hydrogens is 230 g/mol. The number of nitro benzene ring substituents is 1. The molecule has 0 saturated carbocycles. The van der Waals surface area contributed by atoms with Gasteiger partial charge in [0, 0.05) is 32.1 Å². The van der Waals surface area contributed by atoms with Gasteiger partial charge in [-0.05, 0) is 30.2 Å². The van der Waals surface area contributed by atoms with E-state index in [0.717, 1.165) is 11.1 Å². The Balaban J connectivity index is 2.16. The molecular formula is C13H15N3O2. The molecule has 94 valence electrons. The molecule has 18 heavy (non-hydrogen) atoms. The van der Waals surface area contributed by atoms with E-state index in [1.54, 1.807) is 12.1 Å². The first-order chi connectivity index (χ1) is 8.56. The highest BCUT2D eigenvalue weighted by Crippen LogP contribution is 2.25. The summed E-state index contributed by atoms with van der Waals surface area (Å²) in [6, 6.07) is 7.16. The lowest BCUT2D eigenvalue weighted by Gasteiger charge is -2.06. The van der Waals surface area contributed by atoms with Gasteiger partial charge in [0.25, 0.3) is 5.69 Å². The third kappa shape index (κ3) is 2.68. The summed E-state index contributed by atoms with van der Waals surface area (Å²) in [6.45, 7) is 2.42. The van der Waals surface area contributed by atoms with Crippen LogP contribution in [0.3, 0.4) is 0 Å². The van der Waals surface area contributed by atoms with Gasteiger partial charge in [0.1, 0.15) is 5.69 Å². The highest BCUT2D eigenvalue weighted by Gasteiger charge is 2.13. The van der Waals surface area contributed by atoms with Crippen molar-refractivity contribution in [3.05, 3.63) is 57.9 Å². The molecule has 0 atom stereocenters. The highest BCUT2D eigenvalue weighted by atomic mass is 16.6. The minimum atomic E-state index is -0.361. The lowest BCUT2D eigenvalue weighted by atomic mass is 10.2. The van der Waals surface area contributed by atoms with E-state index in [0.29, 0.717) is 12.2 Å². The summed E-state index contributed by atoms with van der Waals surface area (Å²) in [7, 11) is 1.94. The third-order valence-corrected chi connectivity index (χ3v) is 2.73. The van der Waals surface area contributed by atoms with Crippen LogP contribution in [0.4, 0.5) is 11.4 Å². The first kappa shape index (κ1) is 12.2. The number of nitrogens with one attached hydrogen (secondary N) is 1. The predicted octanol–water partition coefficient (Wildman–Crippen LogP) is 2.85. The number of benzene rings is 1. The van der Waals surface area contributed by atoms with Crippen LogP contribution in [0.5, 0.6) is 0 Å². The van der Waals surface area contributed by atoms with Gasteiger partial charge >= 0.3 is 0 Å². The van der Waals surface area contributed by atoms with Gasteiger partial charge in [-0.1, -0.05) is 6.07 Å². The van der Waals surface area contributed by atoms with Crippen molar-refractivity contribution in [2.45, 2.75) is 13.5 Å². The SMILES string of the molecule is Cc1ccc(NCc2ccn(C)c2)c([N+](=O)[O-])c1. The van der Waals surface area contributed by atoms with Crippen LogP contribution < -0.4 is 5.32 Å². The van der Waals surface area contributed by atoms with Crippen molar-refractivity contribution in [1.29, 1.82) is 0 Å². The van der Waals surface area contributed by atoms with Crippen LogP contribution in [0.1, 0.15) is 11.1 Å². The standard InChI is InChI=1S/C13H15N3O2/c1-10-3-4-12(13(7-10)16(17)18)14-8-11-5-6-15(2)9-11/h3-7,9,14H,8H2,1-2H3. The summed E-state index contributed by atoms with van der Waals surface area (Å²) in [5.74, 6) is 0. The van der Waals surface area contributed by atoms with Crippen molar-refractivity contribution in [3.63, 3.8) is 0 Å². The second-order valence-electron chi connectivity index (χ2n) is 4.32. The third-order valence-electron chi connectivity index (χ3n) is 2.73. The average molecular weight is 245 g/mol. The van der Waals surface area contributed by atoms with E-state index in [1.807, 2.05) is 43.1 Å². The summed E-state index contributed by atoms with van der Waals surface area (Å²) < 4.78 is 1.95. The zero-order valence-electron chi connectivity index (χ0n) is 10.4. The maximum Gasteiger partial charge on any atom is 0.292 e. The van der Waals surface area contributed by atoms with Gasteiger partial charge in [-0.25, -0.2) is 0 Å². The van der Waals surface area contributed by atoms with E-state index in [-0.39, 0.29) is 10.6 Å². The molecule has 0 saturated heterocycles. The van der Waals surface area contributed by atoms with E-state index in [1.165, 1.54) is 0 Å². The molecule has 0 aliphatic rings. The number of anilines is 1. The van der Waals surface area contributed by atoms with Crippen LogP contribution in [-0.2, 0) is 13.6 Å². The summed E-state index contributed by atoms with van der Waals surface area (Å²) in [4.78, 5) is 10.6. The fourth-order valence-corrected chi connectivity index (χ4v) is 1.81. The Morgan fingerprint density at radius 2 is 2.17 bits per heavy atom. The lowest BCUT2D eigenvalue weighted by molar-refractivity contribution is -0.384. The van der Waals surface area contributed by atoms with Crippen LogP contribution in [0, 0.1) is 17.0 Å². The number of hydrogen-bond donors (Lipinski definition) is 1. The molecule has 1 aromatic carbocycles. The number of aryl methyl sites for hydroxylation is 2. The van der Waals surface area contributed by atoms with Gasteiger partial charge in [-0.15, -0.1) is 0 Å². The highest BCUT2D eigenvalue weighted by molar-refractivity contribution is 5.62. The second-order valence-corrected chi connectivity index (χ2v) is 4.32. The molecule has 0 amide bonds. The van der Waals surface area contributed by atoms with Crippen molar-refractivity contribution < 1.29 is 4.92 Å². The van der Waals surface area contributed by atoms with E-state index in [2.05, 4.69) is 5.32 Å². The minimum absolute atomic E-state index is 0.117. The van der Waals surface area contributed by atoms with Gasteiger partial charge in [-0.2, -0.15) is 0 Å². The molecule has 0 fully saturated rings. The van der Waals surface area contributed by atoms with Crippen molar-refractivity contribution in [2.75, 3.05) is 5.32 Å². The van der Waals surface area contributed by atoms with Crippen LogP contribution >= 0.6 is 0 Å². The fraction of sp³-hybridized carbons (Fsp3) is 0.231. The summed E-state index contributed by atoms with van der Waals surface area (Å²) >= 11 is 0. The Hall–Kier alpha value is -2.30. The number of rotatable bonds is 4. The van der Waals surface area contributed by atoms with Crippen LogP contribution in [0.25, 0.3) is 0 Å². The molecule has 0 aliphatic heterocycles. The zero-order chi connectivity index (χ0) is 13.1. The quantitative estimate of drug-likeness (QED) is 0.665. The molecule has 1 aromatic heterocycles. The van der Waals surface area contributed by atoms with Crippen LogP contribution in [0.2, 0.25) is 0 Å². The number of nitrogens with zero attached hydrogens (tertiary/aromatic N) is 2. The monoisotopic (exact) mass is 245 g/mol. The first-order valence-electron chi connectivity index (χ1n) is 5.66. The fourth-order valence-electron chi connectivity index (χ4n) is 1.81. The molecule has 0 spiro atoms. The van der Waals surface area contributed by atoms with E-state index in [4.69, 9.17) is 0 Å². The largest absolute Gasteiger partial charge is 0.375 e. The molecule has 5 nitrogen and oxygen atoms in total. The lowest BCUT2D eigenvalue weighted by Crippen LogP contribution is -2.02. The Labute approximate surface area is 105 Å².